The summed E-state index contributed by atoms with van der Waals surface area (Å²) in [5, 5.41) is 2.83. The van der Waals surface area contributed by atoms with Gasteiger partial charge in [0.1, 0.15) is 22.7 Å². The summed E-state index contributed by atoms with van der Waals surface area (Å²) in [6, 6.07) is 7.47. The SMILES string of the molecule is CCCCCC1(c2ccn3c(-c4cc(OC)c(C(=O)NC5CC5)c(OC(F)F)c4)cnc3c2)CC1. The Morgan fingerprint density at radius 2 is 2.00 bits per heavy atom. The van der Waals surface area contributed by atoms with Crippen LogP contribution in [0.5, 0.6) is 11.5 Å². The van der Waals surface area contributed by atoms with Crippen molar-refractivity contribution in [2.24, 2.45) is 0 Å². The first-order chi connectivity index (χ1) is 16.9. The lowest BCUT2D eigenvalue weighted by Crippen LogP contribution is -2.26. The number of halogens is 2. The van der Waals surface area contributed by atoms with Crippen molar-refractivity contribution in [2.45, 2.75) is 76.4 Å². The van der Waals surface area contributed by atoms with Gasteiger partial charge in [0.15, 0.2) is 0 Å². The van der Waals surface area contributed by atoms with Crippen LogP contribution < -0.4 is 14.8 Å². The number of imidazole rings is 1. The highest BCUT2D eigenvalue weighted by atomic mass is 19.3. The maximum Gasteiger partial charge on any atom is 0.387 e. The van der Waals surface area contributed by atoms with Crippen LogP contribution in [-0.4, -0.2) is 35.1 Å². The van der Waals surface area contributed by atoms with Gasteiger partial charge in [-0.3, -0.25) is 9.20 Å². The van der Waals surface area contributed by atoms with Crippen LogP contribution in [0.3, 0.4) is 0 Å². The number of carbonyl (C=O) groups excluding carboxylic acids is 1. The van der Waals surface area contributed by atoms with E-state index in [4.69, 9.17) is 9.47 Å². The van der Waals surface area contributed by atoms with Gasteiger partial charge in [0.05, 0.1) is 19.0 Å². The summed E-state index contributed by atoms with van der Waals surface area (Å²) in [6.45, 7) is -0.856. The van der Waals surface area contributed by atoms with Gasteiger partial charge in [-0.05, 0) is 67.3 Å². The summed E-state index contributed by atoms with van der Waals surface area (Å²) in [4.78, 5) is 17.4. The molecule has 2 fully saturated rings. The molecule has 2 saturated carbocycles. The molecule has 1 aromatic carbocycles. The summed E-state index contributed by atoms with van der Waals surface area (Å²) in [5.41, 5.74) is 3.62. The van der Waals surface area contributed by atoms with E-state index in [0.29, 0.717) is 11.3 Å². The number of aromatic nitrogens is 2. The molecule has 2 aliphatic carbocycles. The van der Waals surface area contributed by atoms with Crippen molar-refractivity contribution in [3.63, 3.8) is 0 Å². The summed E-state index contributed by atoms with van der Waals surface area (Å²) in [7, 11) is 1.41. The number of benzene rings is 1. The zero-order chi connectivity index (χ0) is 24.6. The Morgan fingerprint density at radius 1 is 1.23 bits per heavy atom. The van der Waals surface area contributed by atoms with Gasteiger partial charge in [-0.25, -0.2) is 4.98 Å². The molecule has 0 saturated heterocycles. The van der Waals surface area contributed by atoms with Gasteiger partial charge in [-0.15, -0.1) is 0 Å². The van der Waals surface area contributed by atoms with Crippen LogP contribution in [0.1, 0.15) is 74.2 Å². The van der Waals surface area contributed by atoms with Crippen molar-refractivity contribution in [2.75, 3.05) is 7.11 Å². The van der Waals surface area contributed by atoms with Crippen LogP contribution in [0.25, 0.3) is 16.9 Å². The minimum atomic E-state index is -3.07. The Hall–Kier alpha value is -3.16. The summed E-state index contributed by atoms with van der Waals surface area (Å²) in [6.07, 6.45) is 12.7. The number of nitrogens with one attached hydrogen (secondary N) is 1. The zero-order valence-corrected chi connectivity index (χ0v) is 20.2. The largest absolute Gasteiger partial charge is 0.496 e. The molecule has 186 valence electrons. The van der Waals surface area contributed by atoms with Crippen LogP contribution in [0.2, 0.25) is 0 Å². The van der Waals surface area contributed by atoms with E-state index >= 15 is 0 Å². The van der Waals surface area contributed by atoms with Crippen molar-refractivity contribution in [1.29, 1.82) is 0 Å². The topological polar surface area (TPSA) is 64.9 Å². The standard InChI is InChI=1S/C27H31F2N3O3/c1-3-4-5-9-27(10-11-27)18-8-12-32-20(16-30-23(32)15-18)17-13-21(34-2)24(22(14-17)35-26(28)29)25(33)31-19-6-7-19/h8,12-16,19,26H,3-7,9-11H2,1-2H3,(H,31,33). The fourth-order valence-corrected chi connectivity index (χ4v) is 4.87. The number of pyridine rings is 1. The second-order valence-electron chi connectivity index (χ2n) is 9.70. The molecule has 2 aliphatic rings. The van der Waals surface area contributed by atoms with E-state index in [1.807, 2.05) is 10.6 Å². The molecule has 2 heterocycles. The van der Waals surface area contributed by atoms with E-state index < -0.39 is 12.5 Å². The highest BCUT2D eigenvalue weighted by Gasteiger charge is 2.43. The highest BCUT2D eigenvalue weighted by Crippen LogP contribution is 2.52. The van der Waals surface area contributed by atoms with Gasteiger partial charge in [0.25, 0.3) is 5.91 Å². The number of alkyl halides is 2. The lowest BCUT2D eigenvalue weighted by Gasteiger charge is -2.17. The maximum absolute atomic E-state index is 13.3. The number of nitrogens with zero attached hydrogens (tertiary/aromatic N) is 2. The van der Waals surface area contributed by atoms with Gasteiger partial charge in [0, 0.05) is 17.8 Å². The van der Waals surface area contributed by atoms with Crippen LogP contribution in [-0.2, 0) is 5.41 Å². The van der Waals surface area contributed by atoms with Crippen LogP contribution in [0.4, 0.5) is 8.78 Å². The van der Waals surface area contributed by atoms with Gasteiger partial charge in [0.2, 0.25) is 0 Å². The smallest absolute Gasteiger partial charge is 0.387 e. The van der Waals surface area contributed by atoms with Crippen molar-refractivity contribution in [3.05, 3.63) is 47.8 Å². The number of hydrogen-bond donors (Lipinski definition) is 1. The normalized spacial score (nSPS) is 16.5. The summed E-state index contributed by atoms with van der Waals surface area (Å²) in [5.74, 6) is -0.519. The Morgan fingerprint density at radius 3 is 2.66 bits per heavy atom. The quantitative estimate of drug-likeness (QED) is 0.334. The second kappa shape index (κ2) is 9.47. The van der Waals surface area contributed by atoms with Crippen LogP contribution in [0.15, 0.2) is 36.7 Å². The molecule has 0 aliphatic heterocycles. The molecule has 35 heavy (non-hydrogen) atoms. The minimum absolute atomic E-state index is 0.0256. The molecule has 6 nitrogen and oxygen atoms in total. The fraction of sp³-hybridized carbons (Fsp3) is 0.481. The number of carbonyl (C=O) groups is 1. The Balaban J connectivity index is 1.50. The van der Waals surface area contributed by atoms with Gasteiger partial charge >= 0.3 is 6.61 Å². The Kier molecular flexibility index (Phi) is 6.38. The molecule has 0 atom stereocenters. The van der Waals surface area contributed by atoms with Crippen LogP contribution >= 0.6 is 0 Å². The molecular weight excluding hydrogens is 452 g/mol. The Labute approximate surface area is 203 Å². The summed E-state index contributed by atoms with van der Waals surface area (Å²) >= 11 is 0. The first-order valence-electron chi connectivity index (χ1n) is 12.4. The first kappa shape index (κ1) is 23.6. The minimum Gasteiger partial charge on any atom is -0.496 e. The molecule has 0 bridgehead atoms. The zero-order valence-electron chi connectivity index (χ0n) is 20.2. The van der Waals surface area contributed by atoms with E-state index in [1.165, 1.54) is 57.3 Å². The second-order valence-corrected chi connectivity index (χ2v) is 9.70. The summed E-state index contributed by atoms with van der Waals surface area (Å²) < 4.78 is 38.7. The van der Waals surface area contributed by atoms with E-state index in [1.54, 1.807) is 12.3 Å². The van der Waals surface area contributed by atoms with E-state index in [9.17, 15) is 13.6 Å². The third-order valence-electron chi connectivity index (χ3n) is 7.18. The predicted molar refractivity (Wildman–Crippen MR) is 129 cm³/mol. The maximum atomic E-state index is 13.3. The van der Waals surface area contributed by atoms with E-state index in [2.05, 4.69) is 29.4 Å². The molecule has 5 rings (SSSR count). The number of amides is 1. The molecule has 3 aromatic rings. The van der Waals surface area contributed by atoms with Crippen molar-refractivity contribution in [1.82, 2.24) is 14.7 Å². The molecule has 0 unspecified atom stereocenters. The van der Waals surface area contributed by atoms with E-state index in [-0.39, 0.29) is 28.5 Å². The molecule has 1 N–H and O–H groups in total. The molecule has 0 radical (unpaired) electrons. The molecule has 0 spiro atoms. The third kappa shape index (κ3) is 4.83. The van der Waals surface area contributed by atoms with Crippen molar-refractivity contribution >= 4 is 11.6 Å². The van der Waals surface area contributed by atoms with Gasteiger partial charge < -0.3 is 14.8 Å². The lowest BCUT2D eigenvalue weighted by molar-refractivity contribution is -0.0502. The number of hydrogen-bond acceptors (Lipinski definition) is 4. The fourth-order valence-electron chi connectivity index (χ4n) is 4.87. The number of fused-ring (bicyclic) bond motifs is 1. The molecular formula is C27H31F2N3O3. The monoisotopic (exact) mass is 483 g/mol. The Bertz CT molecular complexity index is 1230. The average molecular weight is 484 g/mol. The van der Waals surface area contributed by atoms with Crippen molar-refractivity contribution < 1.29 is 23.0 Å². The van der Waals surface area contributed by atoms with Crippen molar-refractivity contribution in [3.8, 4) is 22.8 Å². The highest BCUT2D eigenvalue weighted by molar-refractivity contribution is 6.01. The number of rotatable bonds is 11. The van der Waals surface area contributed by atoms with E-state index in [0.717, 1.165) is 18.5 Å². The average Bonchev–Trinajstić information content (AvgIpc) is 3.76. The van der Waals surface area contributed by atoms with Gasteiger partial charge in [-0.2, -0.15) is 8.78 Å². The lowest BCUT2D eigenvalue weighted by atomic mass is 9.91. The first-order valence-corrected chi connectivity index (χ1v) is 12.4. The number of unbranched alkanes of at least 4 members (excludes halogenated alkanes) is 2. The molecule has 1 amide bonds. The molecule has 2 aromatic heterocycles. The predicted octanol–water partition coefficient (Wildman–Crippen LogP) is 6.12. The van der Waals surface area contributed by atoms with Crippen LogP contribution in [0, 0.1) is 0 Å². The molecule has 8 heteroatoms. The third-order valence-corrected chi connectivity index (χ3v) is 7.18. The number of ether oxygens (including phenoxy) is 2. The number of methoxy groups -OCH3 is 1. The van der Waals surface area contributed by atoms with Gasteiger partial charge in [-0.1, -0.05) is 26.2 Å².